The average Bonchev–Trinajstić information content (AvgIpc) is 2.69. The number of benzene rings is 2. The van der Waals surface area contributed by atoms with Gasteiger partial charge in [-0.1, -0.05) is 36.9 Å². The Morgan fingerprint density at radius 3 is 2.85 bits per heavy atom. The van der Waals surface area contributed by atoms with E-state index in [0.29, 0.717) is 13.2 Å². The molecule has 3 rings (SSSR count). The molecule has 0 bridgehead atoms. The van der Waals surface area contributed by atoms with E-state index in [0.717, 1.165) is 46.4 Å². The molecule has 0 unspecified atom stereocenters. The lowest BCUT2D eigenvalue weighted by molar-refractivity contribution is 0.285. The smallest absolute Gasteiger partial charge is 0.130 e. The fourth-order valence-corrected chi connectivity index (χ4v) is 2.84. The van der Waals surface area contributed by atoms with E-state index in [4.69, 9.17) is 14.6 Å². The van der Waals surface area contributed by atoms with E-state index >= 15 is 0 Å². The first-order valence-electron chi connectivity index (χ1n) is 8.74. The predicted octanol–water partition coefficient (Wildman–Crippen LogP) is 4.30. The number of pyridine rings is 1. The van der Waals surface area contributed by atoms with Crippen molar-refractivity contribution in [2.75, 3.05) is 13.2 Å². The van der Waals surface area contributed by atoms with E-state index in [2.05, 4.69) is 11.6 Å². The van der Waals surface area contributed by atoms with Crippen LogP contribution in [0.2, 0.25) is 0 Å². The van der Waals surface area contributed by atoms with Crippen molar-refractivity contribution in [3.63, 3.8) is 0 Å². The summed E-state index contributed by atoms with van der Waals surface area (Å²) >= 11 is 0. The zero-order valence-corrected chi connectivity index (χ0v) is 14.7. The minimum absolute atomic E-state index is 0.173. The number of fused-ring (bicyclic) bond motifs is 1. The van der Waals surface area contributed by atoms with E-state index < -0.39 is 0 Å². The fraction of sp³-hybridized carbons (Fsp3) is 0.227. The van der Waals surface area contributed by atoms with Gasteiger partial charge in [0.25, 0.3) is 0 Å². The molecule has 1 heterocycles. The Balaban J connectivity index is 1.81. The van der Waals surface area contributed by atoms with Gasteiger partial charge in [-0.05, 0) is 48.1 Å². The summed E-state index contributed by atoms with van der Waals surface area (Å²) in [7, 11) is 0. The molecule has 0 spiro atoms. The third-order valence-electron chi connectivity index (χ3n) is 4.13. The maximum Gasteiger partial charge on any atom is 0.130 e. The van der Waals surface area contributed by atoms with E-state index in [1.165, 1.54) is 0 Å². The first kappa shape index (κ1) is 18.0. The second kappa shape index (κ2) is 9.02. The molecule has 4 heteroatoms. The van der Waals surface area contributed by atoms with E-state index in [1.807, 2.05) is 48.5 Å². The summed E-state index contributed by atoms with van der Waals surface area (Å²) in [4.78, 5) is 4.44. The largest absolute Gasteiger partial charge is 0.490 e. The molecule has 26 heavy (non-hydrogen) atoms. The molecule has 3 aromatic rings. The van der Waals surface area contributed by atoms with Crippen molar-refractivity contribution in [1.29, 1.82) is 0 Å². The second-order valence-electron chi connectivity index (χ2n) is 5.96. The average molecular weight is 349 g/mol. The molecule has 0 aliphatic rings. The van der Waals surface area contributed by atoms with Gasteiger partial charge in [-0.25, -0.2) is 0 Å². The van der Waals surface area contributed by atoms with Crippen LogP contribution in [-0.2, 0) is 13.0 Å². The molecule has 0 saturated heterocycles. The molecule has 0 radical (unpaired) electrons. The second-order valence-corrected chi connectivity index (χ2v) is 5.96. The molecule has 0 saturated carbocycles. The SMILES string of the molecule is C=CCOc1ccc2cccc(OCc3ncccc3CCCO)c2c1. The predicted molar refractivity (Wildman–Crippen MR) is 104 cm³/mol. The quantitative estimate of drug-likeness (QED) is 0.585. The molecule has 0 aliphatic heterocycles. The van der Waals surface area contributed by atoms with Gasteiger partial charge in [-0.3, -0.25) is 4.98 Å². The minimum Gasteiger partial charge on any atom is -0.490 e. The van der Waals surface area contributed by atoms with Crippen molar-refractivity contribution >= 4 is 10.8 Å². The van der Waals surface area contributed by atoms with Crippen LogP contribution in [0.15, 0.2) is 67.4 Å². The van der Waals surface area contributed by atoms with Crippen molar-refractivity contribution < 1.29 is 14.6 Å². The number of ether oxygens (including phenoxy) is 2. The Labute approximate surface area is 153 Å². The summed E-state index contributed by atoms with van der Waals surface area (Å²) in [6.45, 7) is 4.70. The van der Waals surface area contributed by atoms with Gasteiger partial charge in [0.05, 0.1) is 5.69 Å². The van der Waals surface area contributed by atoms with Gasteiger partial charge in [0, 0.05) is 18.2 Å². The van der Waals surface area contributed by atoms with Crippen LogP contribution in [0.25, 0.3) is 10.8 Å². The summed E-state index contributed by atoms with van der Waals surface area (Å²) in [6.07, 6.45) is 5.00. The molecule has 1 aromatic heterocycles. The van der Waals surface area contributed by atoms with Crippen molar-refractivity contribution in [2.45, 2.75) is 19.4 Å². The summed E-state index contributed by atoms with van der Waals surface area (Å²) in [5.41, 5.74) is 2.01. The van der Waals surface area contributed by atoms with Crippen molar-refractivity contribution in [3.05, 3.63) is 78.6 Å². The Hall–Kier alpha value is -2.85. The number of hydrogen-bond acceptors (Lipinski definition) is 4. The number of nitrogens with zero attached hydrogens (tertiary/aromatic N) is 1. The number of rotatable bonds is 9. The van der Waals surface area contributed by atoms with Crippen LogP contribution in [0.4, 0.5) is 0 Å². The molecule has 2 aromatic carbocycles. The van der Waals surface area contributed by atoms with Crippen molar-refractivity contribution in [2.24, 2.45) is 0 Å². The highest BCUT2D eigenvalue weighted by atomic mass is 16.5. The normalized spacial score (nSPS) is 10.7. The lowest BCUT2D eigenvalue weighted by Gasteiger charge is -2.12. The molecule has 0 atom stereocenters. The zero-order chi connectivity index (χ0) is 18.2. The van der Waals surface area contributed by atoms with Gasteiger partial charge in [0.1, 0.15) is 24.7 Å². The number of aliphatic hydroxyl groups is 1. The number of hydrogen-bond donors (Lipinski definition) is 1. The fourth-order valence-electron chi connectivity index (χ4n) is 2.84. The molecule has 0 amide bonds. The van der Waals surface area contributed by atoms with Gasteiger partial charge < -0.3 is 14.6 Å². The Bertz CT molecular complexity index is 876. The number of aliphatic hydroxyl groups excluding tert-OH is 1. The lowest BCUT2D eigenvalue weighted by Crippen LogP contribution is -2.04. The first-order chi connectivity index (χ1) is 12.8. The lowest BCUT2D eigenvalue weighted by atomic mass is 10.1. The monoisotopic (exact) mass is 349 g/mol. The standard InChI is InChI=1S/C22H23NO3/c1-2-14-25-19-11-10-17-6-3-9-22(20(17)15-19)26-16-21-18(8-5-13-24)7-4-12-23-21/h2-4,6-7,9-12,15,24H,1,5,8,13-14,16H2. The van der Waals surface area contributed by atoms with E-state index in [1.54, 1.807) is 12.3 Å². The van der Waals surface area contributed by atoms with Gasteiger partial charge in [-0.2, -0.15) is 0 Å². The van der Waals surface area contributed by atoms with E-state index in [9.17, 15) is 0 Å². The van der Waals surface area contributed by atoms with Gasteiger partial charge in [0.2, 0.25) is 0 Å². The van der Waals surface area contributed by atoms with E-state index in [-0.39, 0.29) is 6.61 Å². The van der Waals surface area contributed by atoms with Crippen LogP contribution >= 0.6 is 0 Å². The summed E-state index contributed by atoms with van der Waals surface area (Å²) in [5, 5.41) is 11.2. The molecule has 1 N–H and O–H groups in total. The highest BCUT2D eigenvalue weighted by Gasteiger charge is 2.08. The van der Waals surface area contributed by atoms with Crippen LogP contribution in [-0.4, -0.2) is 23.3 Å². The maximum atomic E-state index is 9.06. The maximum absolute atomic E-state index is 9.06. The minimum atomic E-state index is 0.173. The molecular weight excluding hydrogens is 326 g/mol. The summed E-state index contributed by atoms with van der Waals surface area (Å²) in [5.74, 6) is 1.58. The summed E-state index contributed by atoms with van der Waals surface area (Å²) in [6, 6.07) is 15.9. The zero-order valence-electron chi connectivity index (χ0n) is 14.7. The van der Waals surface area contributed by atoms with Crippen LogP contribution in [0.3, 0.4) is 0 Å². The Kier molecular flexibility index (Phi) is 6.23. The number of aromatic nitrogens is 1. The van der Waals surface area contributed by atoms with Crippen LogP contribution in [0, 0.1) is 0 Å². The number of aryl methyl sites for hydroxylation is 1. The molecule has 0 aliphatic carbocycles. The van der Waals surface area contributed by atoms with Gasteiger partial charge in [-0.15, -0.1) is 0 Å². The van der Waals surface area contributed by atoms with Crippen LogP contribution in [0.1, 0.15) is 17.7 Å². The Morgan fingerprint density at radius 2 is 2.00 bits per heavy atom. The van der Waals surface area contributed by atoms with Crippen LogP contribution < -0.4 is 9.47 Å². The van der Waals surface area contributed by atoms with Crippen molar-refractivity contribution in [3.8, 4) is 11.5 Å². The highest BCUT2D eigenvalue weighted by molar-refractivity contribution is 5.89. The van der Waals surface area contributed by atoms with Crippen LogP contribution in [0.5, 0.6) is 11.5 Å². The molecule has 0 fully saturated rings. The van der Waals surface area contributed by atoms with Gasteiger partial charge >= 0.3 is 0 Å². The highest BCUT2D eigenvalue weighted by Crippen LogP contribution is 2.30. The van der Waals surface area contributed by atoms with Crippen molar-refractivity contribution in [1.82, 2.24) is 4.98 Å². The first-order valence-corrected chi connectivity index (χ1v) is 8.74. The molecular formula is C22H23NO3. The third kappa shape index (κ3) is 4.41. The molecule has 4 nitrogen and oxygen atoms in total. The Morgan fingerprint density at radius 1 is 1.08 bits per heavy atom. The topological polar surface area (TPSA) is 51.6 Å². The van der Waals surface area contributed by atoms with Gasteiger partial charge in [0.15, 0.2) is 0 Å². The molecule has 134 valence electrons. The summed E-state index contributed by atoms with van der Waals surface area (Å²) < 4.78 is 11.7. The third-order valence-corrected chi connectivity index (χ3v) is 4.13.